The molecule has 1 aromatic rings. The second-order valence-electron chi connectivity index (χ2n) is 4.77. The lowest BCUT2D eigenvalue weighted by atomic mass is 10.1. The molecule has 21 heavy (non-hydrogen) atoms. The second kappa shape index (κ2) is 6.55. The van der Waals surface area contributed by atoms with Gasteiger partial charge in [-0.2, -0.15) is 0 Å². The van der Waals surface area contributed by atoms with Crippen molar-refractivity contribution < 1.29 is 10.5 Å². The highest BCUT2D eigenvalue weighted by Crippen LogP contribution is 2.33. The molecule has 3 rings (SSSR count). The monoisotopic (exact) mass is 394 g/mol. The van der Waals surface area contributed by atoms with Crippen LogP contribution in [0.15, 0.2) is 51.1 Å². The number of halogens is 1. The van der Waals surface area contributed by atoms with Crippen LogP contribution in [-0.4, -0.2) is 31.3 Å². The normalized spacial score (nSPS) is 17.7. The van der Waals surface area contributed by atoms with Gasteiger partial charge in [0.15, 0.2) is 0 Å². The number of hydrogen-bond acceptors (Lipinski definition) is 2. The molecule has 108 valence electrons. The van der Waals surface area contributed by atoms with Crippen molar-refractivity contribution in [1.82, 2.24) is 5.32 Å². The highest BCUT2D eigenvalue weighted by Gasteiger charge is 2.14. The van der Waals surface area contributed by atoms with Gasteiger partial charge in [-0.05, 0) is 29.0 Å². The zero-order valence-corrected chi connectivity index (χ0v) is 13.8. The van der Waals surface area contributed by atoms with Gasteiger partial charge in [0, 0.05) is 13.3 Å². The number of fused-ring (bicyclic) bond motifs is 2. The molecule has 0 radical (unpaired) electrons. The van der Waals surface area contributed by atoms with E-state index in [0.29, 0.717) is 0 Å². The van der Waals surface area contributed by atoms with E-state index < -0.39 is 0 Å². The van der Waals surface area contributed by atoms with Crippen molar-refractivity contribution in [2.75, 3.05) is 19.6 Å². The number of nitrogens with one attached hydrogen (secondary N) is 1. The Morgan fingerprint density at radius 2 is 2.14 bits per heavy atom. The molecule has 4 nitrogen and oxygen atoms in total. The number of quaternary nitrogens is 1. The molecule has 1 aliphatic carbocycles. The Morgan fingerprint density at radius 3 is 3.00 bits per heavy atom. The van der Waals surface area contributed by atoms with Crippen molar-refractivity contribution >= 4 is 37.9 Å². The fourth-order valence-corrected chi connectivity index (χ4v) is 5.26. The molecule has 1 aromatic carbocycles. The lowest BCUT2D eigenvalue weighted by Crippen LogP contribution is -2.54. The minimum atomic E-state index is -0.149. The van der Waals surface area contributed by atoms with Gasteiger partial charge in [-0.25, -0.2) is 4.99 Å². The molecule has 0 unspecified atom stereocenters. The van der Waals surface area contributed by atoms with Crippen molar-refractivity contribution in [2.24, 2.45) is 4.99 Å². The van der Waals surface area contributed by atoms with Crippen molar-refractivity contribution in [1.29, 1.82) is 0 Å². The molecule has 1 amide bonds. The molecule has 0 saturated carbocycles. The maximum Gasteiger partial charge on any atom is 0.260 e. The lowest BCUT2D eigenvalue weighted by Gasteiger charge is -2.06. The van der Waals surface area contributed by atoms with Crippen molar-refractivity contribution in [3.63, 3.8) is 0 Å². The van der Waals surface area contributed by atoms with Crippen molar-refractivity contribution in [3.8, 4) is 0 Å². The summed E-state index contributed by atoms with van der Waals surface area (Å²) in [6.07, 6.45) is 6.10. The van der Waals surface area contributed by atoms with Crippen LogP contribution in [0.5, 0.6) is 0 Å². The van der Waals surface area contributed by atoms with E-state index >= 15 is 0 Å². The van der Waals surface area contributed by atoms with Crippen LogP contribution in [0, 0.1) is 3.15 Å². The first kappa shape index (κ1) is 14.5. The number of benzene rings is 1. The third-order valence-corrected chi connectivity index (χ3v) is 6.20. The molecule has 0 fully saturated rings. The van der Waals surface area contributed by atoms with E-state index in [4.69, 9.17) is 0 Å². The number of aliphatic imine (C=N–C) groups is 1. The Bertz CT molecular complexity index is 790. The van der Waals surface area contributed by atoms with E-state index in [-0.39, 0.29) is 33.2 Å². The van der Waals surface area contributed by atoms with Gasteiger partial charge in [0.05, 0.1) is 18.8 Å². The first-order valence-corrected chi connectivity index (χ1v) is 9.06. The highest BCUT2D eigenvalue weighted by molar-refractivity contribution is 14.2. The first-order chi connectivity index (χ1) is 10.3. The molecule has 5 heteroatoms. The van der Waals surface area contributed by atoms with Crippen LogP contribution >= 0.6 is 20.7 Å². The van der Waals surface area contributed by atoms with E-state index in [0.717, 1.165) is 18.8 Å². The number of rotatable bonds is 4. The van der Waals surface area contributed by atoms with Gasteiger partial charge in [-0.15, -0.1) is 0 Å². The van der Waals surface area contributed by atoms with Gasteiger partial charge in [0.1, 0.15) is 0 Å². The number of allylic oxidation sites excluding steroid dienone is 4. The summed E-state index contributed by atoms with van der Waals surface area (Å²) in [4.78, 5) is 15.9. The third kappa shape index (κ3) is 3.25. The third-order valence-electron chi connectivity index (χ3n) is 3.20. The quantitative estimate of drug-likeness (QED) is 0.571. The number of carbonyl (C=O) groups excluding carboxylic acids is 1. The van der Waals surface area contributed by atoms with E-state index in [1.54, 1.807) is 0 Å². The molecule has 0 aromatic heterocycles. The smallest absolute Gasteiger partial charge is 0.260 e. The fourth-order valence-electron chi connectivity index (χ4n) is 2.25. The molecule has 0 saturated heterocycles. The average Bonchev–Trinajstić information content (AvgIpc) is 2.85. The molecule has 0 bridgehead atoms. The molecular formula is C16H17IN3O+. The number of carbonyl (C=O) groups is 1. The van der Waals surface area contributed by atoms with Crippen LogP contribution in [0.3, 0.4) is 0 Å². The fraction of sp³-hybridized carbons (Fsp3) is 0.188. The van der Waals surface area contributed by atoms with Crippen LogP contribution in [0.1, 0.15) is 0 Å². The average molecular weight is 394 g/mol. The van der Waals surface area contributed by atoms with Gasteiger partial charge >= 0.3 is 0 Å². The Balaban J connectivity index is 1.82. The van der Waals surface area contributed by atoms with Gasteiger partial charge in [0.2, 0.25) is 0 Å². The maximum absolute atomic E-state index is 11.8. The summed E-state index contributed by atoms with van der Waals surface area (Å²) in [6, 6.07) is 8.54. The minimum absolute atomic E-state index is 0.128. The number of amides is 1. The second-order valence-corrected chi connectivity index (χ2v) is 7.64. The van der Waals surface area contributed by atoms with Crippen molar-refractivity contribution in [2.45, 2.75) is 0 Å². The van der Waals surface area contributed by atoms with Gasteiger partial charge in [-0.3, -0.25) is 4.79 Å². The summed E-state index contributed by atoms with van der Waals surface area (Å²) in [5.41, 5.74) is 5.80. The van der Waals surface area contributed by atoms with Crippen LogP contribution in [-0.2, 0) is 4.79 Å². The summed E-state index contributed by atoms with van der Waals surface area (Å²) >= 11 is -0.149. The summed E-state index contributed by atoms with van der Waals surface area (Å²) in [5.74, 6) is -0.128. The Morgan fingerprint density at radius 1 is 1.29 bits per heavy atom. The van der Waals surface area contributed by atoms with E-state index in [2.05, 4.69) is 52.5 Å². The summed E-state index contributed by atoms with van der Waals surface area (Å²) in [7, 11) is 0. The van der Waals surface area contributed by atoms with Crippen LogP contribution < -0.4 is 16.3 Å². The highest BCUT2D eigenvalue weighted by atomic mass is 127. The standard InChI is InChI=1S/C16H16IN3O/c18-7-8-19-10-16(21)20-11-5-6-13-12-3-1-2-4-14(12)17-15(13)9-11/h1-6,9,19H,7-8,10,18H2/p+1. The van der Waals surface area contributed by atoms with Gasteiger partial charge in [-0.1, -0.05) is 45.0 Å². The predicted molar refractivity (Wildman–Crippen MR) is 92.6 cm³/mol. The molecule has 4 N–H and O–H groups in total. The van der Waals surface area contributed by atoms with Gasteiger partial charge < -0.3 is 11.1 Å². The first-order valence-electron chi connectivity index (χ1n) is 6.91. The topological polar surface area (TPSA) is 69.1 Å². The molecule has 0 atom stereocenters. The van der Waals surface area contributed by atoms with Crippen LogP contribution in [0.2, 0.25) is 0 Å². The molecule has 1 aliphatic heterocycles. The Hall–Kier alpha value is -1.44. The zero-order valence-electron chi connectivity index (χ0n) is 11.6. The molecular weight excluding hydrogens is 377 g/mol. The number of nitrogens with zero attached hydrogens (tertiary/aromatic N) is 1. The number of hydrogen-bond donors (Lipinski definition) is 2. The summed E-state index contributed by atoms with van der Waals surface area (Å²) in [6.45, 7) is 1.79. The Kier molecular flexibility index (Phi) is 4.52. The maximum atomic E-state index is 11.8. The molecule has 1 heterocycles. The largest absolute Gasteiger partial charge is 0.357 e. The van der Waals surface area contributed by atoms with E-state index in [9.17, 15) is 4.79 Å². The van der Waals surface area contributed by atoms with Crippen LogP contribution in [0.4, 0.5) is 0 Å². The SMILES string of the molecule is [NH3+]CCNCC(=O)N=C1C=CC2=c3ccccc3=IC2=C1. The molecule has 2 aliphatic rings. The van der Waals surface area contributed by atoms with E-state index in [1.807, 2.05) is 6.08 Å². The zero-order chi connectivity index (χ0) is 14.7. The molecule has 0 spiro atoms. The lowest BCUT2D eigenvalue weighted by molar-refractivity contribution is -0.365. The van der Waals surface area contributed by atoms with Gasteiger partial charge in [0.25, 0.3) is 5.91 Å². The van der Waals surface area contributed by atoms with Crippen molar-refractivity contribution in [3.05, 3.63) is 54.4 Å². The Labute approximate surface area is 132 Å². The predicted octanol–water partition coefficient (Wildman–Crippen LogP) is 0.325. The summed E-state index contributed by atoms with van der Waals surface area (Å²) in [5, 5.41) is 4.37. The van der Waals surface area contributed by atoms with Crippen LogP contribution in [0.25, 0.3) is 5.57 Å². The minimum Gasteiger partial charge on any atom is -0.357 e. The summed E-state index contributed by atoms with van der Waals surface area (Å²) < 4.78 is 2.81. The van der Waals surface area contributed by atoms with E-state index in [1.165, 1.54) is 17.5 Å².